The number of carbonyl (C=O) groups excluding carboxylic acids is 2. The zero-order chi connectivity index (χ0) is 20.4. The minimum atomic E-state index is -0.248. The molecule has 0 saturated heterocycles. The summed E-state index contributed by atoms with van der Waals surface area (Å²) in [5.74, 6) is -0.482. The molecule has 2 aromatic carbocycles. The number of nitrogens with zero attached hydrogens (tertiary/aromatic N) is 1. The summed E-state index contributed by atoms with van der Waals surface area (Å²) < 4.78 is 0. The molecule has 0 bridgehead atoms. The van der Waals surface area contributed by atoms with Gasteiger partial charge in [-0.05, 0) is 55.7 Å². The molecule has 0 aliphatic rings. The Labute approximate surface area is 168 Å². The first-order chi connectivity index (χ1) is 13.6. The third kappa shape index (κ3) is 6.12. The number of hydrogen-bond acceptors (Lipinski definition) is 3. The van der Waals surface area contributed by atoms with Crippen molar-refractivity contribution in [2.75, 3.05) is 29.9 Å². The summed E-state index contributed by atoms with van der Waals surface area (Å²) in [4.78, 5) is 26.8. The highest BCUT2D eigenvalue weighted by Crippen LogP contribution is 2.16. The average Bonchev–Trinajstić information content (AvgIpc) is 2.73. The van der Waals surface area contributed by atoms with Gasteiger partial charge in [-0.15, -0.1) is 0 Å². The Kier molecular flexibility index (Phi) is 8.53. The van der Waals surface area contributed by atoms with Crippen LogP contribution >= 0.6 is 0 Å². The third-order valence-corrected chi connectivity index (χ3v) is 4.74. The highest BCUT2D eigenvalue weighted by Gasteiger charge is 2.11. The van der Waals surface area contributed by atoms with E-state index in [1.54, 1.807) is 0 Å². The van der Waals surface area contributed by atoms with Gasteiger partial charge in [-0.2, -0.15) is 0 Å². The van der Waals surface area contributed by atoms with Gasteiger partial charge in [0.1, 0.15) is 0 Å². The van der Waals surface area contributed by atoms with E-state index in [0.29, 0.717) is 5.56 Å². The molecule has 150 valence electrons. The van der Waals surface area contributed by atoms with Crippen LogP contribution in [0.1, 0.15) is 49.5 Å². The van der Waals surface area contributed by atoms with Crippen molar-refractivity contribution in [2.24, 2.45) is 0 Å². The lowest BCUT2D eigenvalue weighted by atomic mass is 10.1. The first-order valence-corrected chi connectivity index (χ1v) is 10.1. The summed E-state index contributed by atoms with van der Waals surface area (Å²) in [6.45, 7) is 8.24. The van der Waals surface area contributed by atoms with Gasteiger partial charge in [-0.1, -0.05) is 38.5 Å². The van der Waals surface area contributed by atoms with Crippen LogP contribution in [-0.4, -0.2) is 31.4 Å². The summed E-state index contributed by atoms with van der Waals surface area (Å²) in [5.41, 5.74) is 3.53. The molecule has 0 saturated carbocycles. The molecular weight excluding hydrogens is 350 g/mol. The van der Waals surface area contributed by atoms with Crippen LogP contribution in [0.2, 0.25) is 0 Å². The fraction of sp³-hybridized carbons (Fsp3) is 0.391. The van der Waals surface area contributed by atoms with Gasteiger partial charge < -0.3 is 15.5 Å². The highest BCUT2D eigenvalue weighted by molar-refractivity contribution is 5.99. The number of hydrogen-bond donors (Lipinski definition) is 2. The van der Waals surface area contributed by atoms with Crippen LogP contribution in [0.4, 0.5) is 11.4 Å². The Morgan fingerprint density at radius 1 is 0.964 bits per heavy atom. The number of unbranched alkanes of at least 4 members (excludes halogenated alkanes) is 1. The van der Waals surface area contributed by atoms with Crippen molar-refractivity contribution in [2.45, 2.75) is 40.0 Å². The molecule has 0 unspecified atom stereocenters. The number of nitrogens with one attached hydrogen (secondary N) is 2. The van der Waals surface area contributed by atoms with Gasteiger partial charge in [-0.25, -0.2) is 0 Å². The van der Waals surface area contributed by atoms with Gasteiger partial charge >= 0.3 is 0 Å². The van der Waals surface area contributed by atoms with E-state index in [-0.39, 0.29) is 18.4 Å². The van der Waals surface area contributed by atoms with Crippen LogP contribution in [0.3, 0.4) is 0 Å². The predicted molar refractivity (Wildman–Crippen MR) is 116 cm³/mol. The maximum absolute atomic E-state index is 12.3. The Balaban J connectivity index is 1.89. The molecule has 0 spiro atoms. The van der Waals surface area contributed by atoms with E-state index < -0.39 is 0 Å². The second-order valence-electron chi connectivity index (χ2n) is 6.72. The van der Waals surface area contributed by atoms with Gasteiger partial charge in [0.05, 0.1) is 6.54 Å². The summed E-state index contributed by atoms with van der Waals surface area (Å²) >= 11 is 0. The lowest BCUT2D eigenvalue weighted by Gasteiger charge is -2.23. The minimum absolute atomic E-state index is 0.0593. The first kappa shape index (κ1) is 21.5. The zero-order valence-electron chi connectivity index (χ0n) is 17.1. The molecule has 0 fully saturated rings. The summed E-state index contributed by atoms with van der Waals surface area (Å²) in [6, 6.07) is 15.2. The normalized spacial score (nSPS) is 10.4. The number of anilines is 2. The Bertz CT molecular complexity index is 772. The van der Waals surface area contributed by atoms with E-state index >= 15 is 0 Å². The van der Waals surface area contributed by atoms with Crippen molar-refractivity contribution in [1.29, 1.82) is 0 Å². The molecule has 0 aliphatic carbocycles. The smallest absolute Gasteiger partial charge is 0.251 e. The number of benzene rings is 2. The summed E-state index contributed by atoms with van der Waals surface area (Å²) in [5, 5.41) is 5.55. The van der Waals surface area contributed by atoms with Crippen molar-refractivity contribution >= 4 is 23.2 Å². The second-order valence-corrected chi connectivity index (χ2v) is 6.72. The zero-order valence-corrected chi connectivity index (χ0v) is 17.1. The molecule has 0 radical (unpaired) electrons. The van der Waals surface area contributed by atoms with Crippen molar-refractivity contribution in [3.05, 3.63) is 59.7 Å². The van der Waals surface area contributed by atoms with E-state index in [1.165, 1.54) is 0 Å². The van der Waals surface area contributed by atoms with Crippen molar-refractivity contribution in [3.8, 4) is 0 Å². The van der Waals surface area contributed by atoms with Crippen molar-refractivity contribution < 1.29 is 9.59 Å². The molecule has 2 N–H and O–H groups in total. The number of aryl methyl sites for hydroxylation is 1. The Morgan fingerprint density at radius 2 is 1.68 bits per heavy atom. The standard InChI is InChI=1S/C23H31N3O2/c1-4-7-16-26(6-3)20-14-12-19(13-15-20)23(28)24-17-22(27)25-21-11-9-8-10-18(21)5-2/h8-15H,4-7,16-17H2,1-3H3,(H,24,28)(H,25,27). The van der Waals surface area contributed by atoms with E-state index in [0.717, 1.165) is 49.3 Å². The summed E-state index contributed by atoms with van der Waals surface area (Å²) in [6.07, 6.45) is 3.14. The van der Waals surface area contributed by atoms with Crippen LogP contribution in [-0.2, 0) is 11.2 Å². The first-order valence-electron chi connectivity index (χ1n) is 10.1. The van der Waals surface area contributed by atoms with Gasteiger partial charge in [0, 0.05) is 30.0 Å². The monoisotopic (exact) mass is 381 g/mol. The molecule has 5 nitrogen and oxygen atoms in total. The van der Waals surface area contributed by atoms with Gasteiger partial charge in [0.15, 0.2) is 0 Å². The number of carbonyl (C=O) groups is 2. The average molecular weight is 382 g/mol. The largest absolute Gasteiger partial charge is 0.372 e. The van der Waals surface area contributed by atoms with E-state index in [2.05, 4.69) is 29.4 Å². The van der Waals surface area contributed by atoms with E-state index in [1.807, 2.05) is 55.5 Å². The minimum Gasteiger partial charge on any atom is -0.372 e. The highest BCUT2D eigenvalue weighted by atomic mass is 16.2. The lowest BCUT2D eigenvalue weighted by Crippen LogP contribution is -2.33. The summed E-state index contributed by atoms with van der Waals surface area (Å²) in [7, 11) is 0. The Morgan fingerprint density at radius 3 is 2.32 bits per heavy atom. The predicted octanol–water partition coefficient (Wildman–Crippen LogP) is 4.24. The van der Waals surface area contributed by atoms with Crippen molar-refractivity contribution in [3.63, 3.8) is 0 Å². The topological polar surface area (TPSA) is 61.4 Å². The van der Waals surface area contributed by atoms with Crippen LogP contribution < -0.4 is 15.5 Å². The molecule has 28 heavy (non-hydrogen) atoms. The lowest BCUT2D eigenvalue weighted by molar-refractivity contribution is -0.115. The molecule has 5 heteroatoms. The van der Waals surface area contributed by atoms with Gasteiger partial charge in [-0.3, -0.25) is 9.59 Å². The van der Waals surface area contributed by atoms with Gasteiger partial charge in [0.2, 0.25) is 5.91 Å². The molecule has 0 atom stereocenters. The van der Waals surface area contributed by atoms with Crippen LogP contribution in [0, 0.1) is 0 Å². The fourth-order valence-electron chi connectivity index (χ4n) is 3.05. The third-order valence-electron chi connectivity index (χ3n) is 4.74. The molecule has 0 heterocycles. The second kappa shape index (κ2) is 11.1. The fourth-order valence-corrected chi connectivity index (χ4v) is 3.05. The quantitative estimate of drug-likeness (QED) is 0.647. The molecule has 0 aliphatic heterocycles. The molecule has 2 rings (SSSR count). The van der Waals surface area contributed by atoms with E-state index in [9.17, 15) is 9.59 Å². The van der Waals surface area contributed by atoms with Crippen LogP contribution in [0.25, 0.3) is 0 Å². The maximum Gasteiger partial charge on any atom is 0.251 e. The molecule has 0 aromatic heterocycles. The number of rotatable bonds is 10. The van der Waals surface area contributed by atoms with Gasteiger partial charge in [0.25, 0.3) is 5.91 Å². The SMILES string of the molecule is CCCCN(CC)c1ccc(C(=O)NCC(=O)Nc2ccccc2CC)cc1. The van der Waals surface area contributed by atoms with Crippen molar-refractivity contribution in [1.82, 2.24) is 5.32 Å². The maximum atomic E-state index is 12.3. The Hall–Kier alpha value is -2.82. The molecular formula is C23H31N3O2. The molecule has 2 amide bonds. The number of para-hydroxylation sites is 1. The molecule has 2 aromatic rings. The van der Waals surface area contributed by atoms with Crippen LogP contribution in [0.15, 0.2) is 48.5 Å². The van der Waals surface area contributed by atoms with E-state index in [4.69, 9.17) is 0 Å². The number of amides is 2. The van der Waals surface area contributed by atoms with Crippen LogP contribution in [0.5, 0.6) is 0 Å².